The van der Waals surface area contributed by atoms with Crippen LogP contribution >= 0.6 is 11.6 Å². The maximum atomic E-state index is 5.93. The number of aliphatic imine (C=N–C) groups is 1. The number of rotatable bonds is 5. The van der Waals surface area contributed by atoms with Crippen molar-refractivity contribution in [1.82, 2.24) is 0 Å². The van der Waals surface area contributed by atoms with Gasteiger partial charge in [0.1, 0.15) is 0 Å². The molecule has 0 aliphatic heterocycles. The Balaban J connectivity index is 2.11. The Morgan fingerprint density at radius 3 is 2.35 bits per heavy atom. The van der Waals surface area contributed by atoms with E-state index < -0.39 is 0 Å². The molecule has 0 fully saturated rings. The lowest BCUT2D eigenvalue weighted by Crippen LogP contribution is -2.21. The van der Waals surface area contributed by atoms with Gasteiger partial charge in [-0.05, 0) is 49.7 Å². The van der Waals surface area contributed by atoms with Crippen LogP contribution in [0.3, 0.4) is 0 Å². The molecule has 0 aliphatic carbocycles. The largest absolute Gasteiger partial charge is 0.372 e. The van der Waals surface area contributed by atoms with E-state index in [1.165, 1.54) is 5.69 Å². The van der Waals surface area contributed by atoms with Crippen molar-refractivity contribution in [3.63, 3.8) is 0 Å². The van der Waals surface area contributed by atoms with E-state index in [2.05, 4.69) is 48.0 Å². The van der Waals surface area contributed by atoms with Crippen LogP contribution in [0.5, 0.6) is 0 Å². The van der Waals surface area contributed by atoms with Crippen molar-refractivity contribution in [2.75, 3.05) is 18.0 Å². The molecule has 0 aromatic heterocycles. The quantitative estimate of drug-likeness (QED) is 0.711. The van der Waals surface area contributed by atoms with Gasteiger partial charge >= 0.3 is 0 Å². The number of hydrogen-bond acceptors (Lipinski definition) is 2. The molecule has 0 saturated carbocycles. The number of halogens is 1. The van der Waals surface area contributed by atoms with E-state index in [4.69, 9.17) is 11.6 Å². The monoisotopic (exact) mass is 286 g/mol. The van der Waals surface area contributed by atoms with Crippen molar-refractivity contribution in [3.05, 3.63) is 59.1 Å². The zero-order chi connectivity index (χ0) is 14.4. The first-order chi connectivity index (χ1) is 9.72. The molecule has 0 radical (unpaired) electrons. The van der Waals surface area contributed by atoms with E-state index in [0.717, 1.165) is 24.3 Å². The standard InChI is InChI=1S/C17H19ClN2/c1-3-20(4-2)17-10-8-14(9-11-17)13-19-16-7-5-6-15(18)12-16/h5-13H,3-4H2,1-2H3. The number of benzene rings is 2. The van der Waals surface area contributed by atoms with Crippen molar-refractivity contribution < 1.29 is 0 Å². The molecule has 2 nitrogen and oxygen atoms in total. The van der Waals surface area contributed by atoms with E-state index in [1.807, 2.05) is 30.5 Å². The van der Waals surface area contributed by atoms with Gasteiger partial charge in [0.15, 0.2) is 0 Å². The third-order valence-electron chi connectivity index (χ3n) is 3.19. The molecule has 3 heteroatoms. The Labute approximate surface area is 125 Å². The van der Waals surface area contributed by atoms with Crippen LogP contribution in [0.25, 0.3) is 0 Å². The molecule has 20 heavy (non-hydrogen) atoms. The van der Waals surface area contributed by atoms with Crippen LogP contribution in [0, 0.1) is 0 Å². The highest BCUT2D eigenvalue weighted by Gasteiger charge is 2.00. The molecular formula is C17H19ClN2. The first-order valence-electron chi connectivity index (χ1n) is 6.87. The lowest BCUT2D eigenvalue weighted by atomic mass is 10.2. The molecule has 0 bridgehead atoms. The average Bonchev–Trinajstić information content (AvgIpc) is 2.48. The Morgan fingerprint density at radius 1 is 1.05 bits per heavy atom. The third kappa shape index (κ3) is 3.84. The topological polar surface area (TPSA) is 15.6 Å². The second kappa shape index (κ2) is 7.11. The lowest BCUT2D eigenvalue weighted by molar-refractivity contribution is 0.866. The minimum absolute atomic E-state index is 0.705. The maximum absolute atomic E-state index is 5.93. The van der Waals surface area contributed by atoms with Gasteiger partial charge in [0.2, 0.25) is 0 Å². The van der Waals surface area contributed by atoms with E-state index >= 15 is 0 Å². The Hall–Kier alpha value is -1.80. The van der Waals surface area contributed by atoms with Gasteiger partial charge < -0.3 is 4.90 Å². The number of anilines is 1. The van der Waals surface area contributed by atoms with Crippen molar-refractivity contribution in [2.45, 2.75) is 13.8 Å². The number of nitrogens with zero attached hydrogens (tertiary/aromatic N) is 2. The van der Waals surface area contributed by atoms with Crippen LogP contribution < -0.4 is 4.90 Å². The van der Waals surface area contributed by atoms with E-state index in [9.17, 15) is 0 Å². The highest BCUT2D eigenvalue weighted by molar-refractivity contribution is 6.30. The van der Waals surface area contributed by atoms with Crippen molar-refractivity contribution in [1.29, 1.82) is 0 Å². The molecule has 0 heterocycles. The van der Waals surface area contributed by atoms with Crippen LogP contribution in [0.4, 0.5) is 11.4 Å². The van der Waals surface area contributed by atoms with Gasteiger partial charge in [-0.1, -0.05) is 29.8 Å². The molecule has 0 spiro atoms. The molecule has 0 unspecified atom stereocenters. The van der Waals surface area contributed by atoms with Gasteiger partial charge in [-0.2, -0.15) is 0 Å². The summed E-state index contributed by atoms with van der Waals surface area (Å²) in [5.41, 5.74) is 3.20. The van der Waals surface area contributed by atoms with Gasteiger partial charge in [0, 0.05) is 30.0 Å². The highest BCUT2D eigenvalue weighted by atomic mass is 35.5. The molecule has 104 valence electrons. The van der Waals surface area contributed by atoms with Gasteiger partial charge in [0.25, 0.3) is 0 Å². The zero-order valence-electron chi connectivity index (χ0n) is 11.9. The average molecular weight is 287 g/mol. The second-order valence-corrected chi connectivity index (χ2v) is 4.94. The summed E-state index contributed by atoms with van der Waals surface area (Å²) in [6.07, 6.45) is 1.86. The van der Waals surface area contributed by atoms with Crippen molar-refractivity contribution in [3.8, 4) is 0 Å². The molecule has 0 amide bonds. The first-order valence-corrected chi connectivity index (χ1v) is 7.25. The molecule has 0 aliphatic rings. The summed E-state index contributed by atoms with van der Waals surface area (Å²) in [5, 5.41) is 0.705. The molecular weight excluding hydrogens is 268 g/mol. The third-order valence-corrected chi connectivity index (χ3v) is 3.43. The van der Waals surface area contributed by atoms with Crippen LogP contribution in [-0.4, -0.2) is 19.3 Å². The van der Waals surface area contributed by atoms with E-state index in [-0.39, 0.29) is 0 Å². The molecule has 2 aromatic rings. The van der Waals surface area contributed by atoms with Gasteiger partial charge in [0.05, 0.1) is 5.69 Å². The summed E-state index contributed by atoms with van der Waals surface area (Å²) >= 11 is 5.93. The van der Waals surface area contributed by atoms with Crippen molar-refractivity contribution >= 4 is 29.2 Å². The van der Waals surface area contributed by atoms with Crippen LogP contribution in [-0.2, 0) is 0 Å². The van der Waals surface area contributed by atoms with Crippen molar-refractivity contribution in [2.24, 2.45) is 4.99 Å². The molecule has 0 saturated heterocycles. The Kier molecular flexibility index (Phi) is 5.19. The summed E-state index contributed by atoms with van der Waals surface area (Å²) in [6.45, 7) is 6.37. The first kappa shape index (κ1) is 14.6. The fourth-order valence-corrected chi connectivity index (χ4v) is 2.25. The molecule has 2 aromatic carbocycles. The summed E-state index contributed by atoms with van der Waals surface area (Å²) in [5.74, 6) is 0. The summed E-state index contributed by atoms with van der Waals surface area (Å²) in [7, 11) is 0. The summed E-state index contributed by atoms with van der Waals surface area (Å²) in [4.78, 5) is 6.75. The summed E-state index contributed by atoms with van der Waals surface area (Å²) < 4.78 is 0. The van der Waals surface area contributed by atoms with Crippen LogP contribution in [0.1, 0.15) is 19.4 Å². The second-order valence-electron chi connectivity index (χ2n) is 4.50. The minimum Gasteiger partial charge on any atom is -0.372 e. The predicted octanol–water partition coefficient (Wildman–Crippen LogP) is 4.94. The van der Waals surface area contributed by atoms with Gasteiger partial charge in [-0.3, -0.25) is 4.99 Å². The maximum Gasteiger partial charge on any atom is 0.0644 e. The molecule has 2 rings (SSSR count). The molecule has 0 atom stereocenters. The Morgan fingerprint density at radius 2 is 1.75 bits per heavy atom. The normalized spacial score (nSPS) is 10.9. The van der Waals surface area contributed by atoms with Gasteiger partial charge in [-0.15, -0.1) is 0 Å². The highest BCUT2D eigenvalue weighted by Crippen LogP contribution is 2.18. The van der Waals surface area contributed by atoms with Crippen LogP contribution in [0.15, 0.2) is 53.5 Å². The number of hydrogen-bond donors (Lipinski definition) is 0. The van der Waals surface area contributed by atoms with Crippen LogP contribution in [0.2, 0.25) is 5.02 Å². The predicted molar refractivity (Wildman–Crippen MR) is 88.7 cm³/mol. The fraction of sp³-hybridized carbons (Fsp3) is 0.235. The smallest absolute Gasteiger partial charge is 0.0644 e. The lowest BCUT2D eigenvalue weighted by Gasteiger charge is -2.20. The fourth-order valence-electron chi connectivity index (χ4n) is 2.07. The van der Waals surface area contributed by atoms with Gasteiger partial charge in [-0.25, -0.2) is 0 Å². The van der Waals surface area contributed by atoms with E-state index in [1.54, 1.807) is 0 Å². The SMILES string of the molecule is CCN(CC)c1ccc(C=Nc2cccc(Cl)c2)cc1. The van der Waals surface area contributed by atoms with E-state index in [0.29, 0.717) is 5.02 Å². The summed E-state index contributed by atoms with van der Waals surface area (Å²) in [6, 6.07) is 16.0. The Bertz CT molecular complexity index is 572. The minimum atomic E-state index is 0.705. The molecule has 0 N–H and O–H groups in total. The zero-order valence-corrected chi connectivity index (χ0v) is 12.6.